The Morgan fingerprint density at radius 2 is 2.00 bits per heavy atom. The topological polar surface area (TPSA) is 38.3 Å². The Bertz CT molecular complexity index is 169. The summed E-state index contributed by atoms with van der Waals surface area (Å²) >= 11 is 0. The Morgan fingerprint density at radius 3 is 2.47 bits per heavy atom. The van der Waals surface area contributed by atoms with E-state index in [-0.39, 0.29) is 5.97 Å². The maximum atomic E-state index is 11.0. The van der Waals surface area contributed by atoms with Crippen molar-refractivity contribution in [3.8, 4) is 0 Å². The van der Waals surface area contributed by atoms with Crippen LogP contribution in [0.5, 0.6) is 0 Å². The molecular formula is C12H25NO2. The molecule has 0 aliphatic heterocycles. The van der Waals surface area contributed by atoms with Gasteiger partial charge in [0.05, 0.1) is 0 Å². The third-order valence-electron chi connectivity index (χ3n) is 2.38. The number of esters is 1. The second-order valence-corrected chi connectivity index (χ2v) is 4.28. The first-order valence-corrected chi connectivity index (χ1v) is 5.99. The Morgan fingerprint density at radius 1 is 1.33 bits per heavy atom. The molecule has 0 bridgehead atoms. The first-order valence-electron chi connectivity index (χ1n) is 5.99. The molecule has 0 fully saturated rings. The summed E-state index contributed by atoms with van der Waals surface area (Å²) in [4.78, 5) is 11.0. The van der Waals surface area contributed by atoms with Crippen LogP contribution in [0.1, 0.15) is 47.0 Å². The molecule has 0 saturated heterocycles. The molecule has 0 aliphatic carbocycles. The van der Waals surface area contributed by atoms with E-state index in [1.54, 1.807) is 0 Å². The van der Waals surface area contributed by atoms with E-state index in [2.05, 4.69) is 26.1 Å². The molecule has 90 valence electrons. The zero-order valence-electron chi connectivity index (χ0n) is 10.5. The van der Waals surface area contributed by atoms with Crippen LogP contribution in [0.3, 0.4) is 0 Å². The molecular weight excluding hydrogens is 190 g/mol. The normalized spacial score (nSPS) is 12.9. The number of hydrogen-bond donors (Lipinski definition) is 1. The maximum absolute atomic E-state index is 11.0. The molecule has 1 N–H and O–H groups in total. The summed E-state index contributed by atoms with van der Waals surface area (Å²) < 4.78 is 5.10. The van der Waals surface area contributed by atoms with Crippen molar-refractivity contribution in [3.05, 3.63) is 0 Å². The van der Waals surface area contributed by atoms with Crippen molar-refractivity contribution in [3.63, 3.8) is 0 Å². The quantitative estimate of drug-likeness (QED) is 0.632. The minimum atomic E-state index is -0.112. The number of carbonyl (C=O) groups excluding carboxylic acids is 1. The van der Waals surface area contributed by atoms with Crippen molar-refractivity contribution in [2.45, 2.75) is 53.0 Å². The van der Waals surface area contributed by atoms with Crippen molar-refractivity contribution in [1.29, 1.82) is 0 Å². The van der Waals surface area contributed by atoms with E-state index in [0.717, 1.165) is 19.4 Å². The third kappa shape index (κ3) is 8.43. The van der Waals surface area contributed by atoms with E-state index < -0.39 is 0 Å². The molecule has 3 nitrogen and oxygen atoms in total. The highest BCUT2D eigenvalue weighted by Crippen LogP contribution is 1.99. The van der Waals surface area contributed by atoms with Gasteiger partial charge in [0.1, 0.15) is 6.61 Å². The van der Waals surface area contributed by atoms with Crippen molar-refractivity contribution >= 4 is 5.97 Å². The molecule has 0 heterocycles. The molecule has 0 aliphatic rings. The monoisotopic (exact) mass is 215 g/mol. The number of rotatable bonds is 8. The van der Waals surface area contributed by atoms with Crippen LogP contribution in [0.2, 0.25) is 0 Å². The zero-order chi connectivity index (χ0) is 11.7. The summed E-state index contributed by atoms with van der Waals surface area (Å²) in [5, 5.41) is 3.40. The average Bonchev–Trinajstić information content (AvgIpc) is 2.22. The number of carbonyl (C=O) groups is 1. The minimum Gasteiger partial charge on any atom is -0.464 e. The molecule has 0 radical (unpaired) electrons. The summed E-state index contributed by atoms with van der Waals surface area (Å²) in [7, 11) is 0. The molecule has 0 saturated carbocycles. The predicted molar refractivity (Wildman–Crippen MR) is 62.8 cm³/mol. The van der Waals surface area contributed by atoms with Gasteiger partial charge in [-0.25, -0.2) is 0 Å². The minimum absolute atomic E-state index is 0.112. The van der Waals surface area contributed by atoms with Crippen LogP contribution in [-0.2, 0) is 9.53 Å². The first kappa shape index (κ1) is 14.4. The SMILES string of the molecule is CCC(=O)OCC(CC)NCCC(C)C. The van der Waals surface area contributed by atoms with E-state index in [1.807, 2.05) is 6.92 Å². The highest BCUT2D eigenvalue weighted by atomic mass is 16.5. The number of nitrogens with one attached hydrogen (secondary N) is 1. The summed E-state index contributed by atoms with van der Waals surface area (Å²) in [6.45, 7) is 9.84. The predicted octanol–water partition coefficient (Wildman–Crippen LogP) is 2.35. The molecule has 1 atom stereocenters. The van der Waals surface area contributed by atoms with Gasteiger partial charge in [0.15, 0.2) is 0 Å². The van der Waals surface area contributed by atoms with Gasteiger partial charge in [-0.2, -0.15) is 0 Å². The van der Waals surface area contributed by atoms with Gasteiger partial charge in [-0.15, -0.1) is 0 Å². The lowest BCUT2D eigenvalue weighted by Crippen LogP contribution is -2.34. The highest BCUT2D eigenvalue weighted by Gasteiger charge is 2.08. The lowest BCUT2D eigenvalue weighted by molar-refractivity contribution is -0.144. The molecule has 0 amide bonds. The second kappa shape index (κ2) is 8.72. The molecule has 0 rings (SSSR count). The number of hydrogen-bond acceptors (Lipinski definition) is 3. The standard InChI is InChI=1S/C12H25NO2/c1-5-11(9-15-12(14)6-2)13-8-7-10(3)4/h10-11,13H,5-9H2,1-4H3. The van der Waals surface area contributed by atoms with Crippen LogP contribution in [0.25, 0.3) is 0 Å². The van der Waals surface area contributed by atoms with E-state index in [0.29, 0.717) is 25.0 Å². The van der Waals surface area contributed by atoms with Gasteiger partial charge in [-0.1, -0.05) is 27.7 Å². The van der Waals surface area contributed by atoms with Gasteiger partial charge in [-0.05, 0) is 25.3 Å². The van der Waals surface area contributed by atoms with Crippen LogP contribution in [0.4, 0.5) is 0 Å². The van der Waals surface area contributed by atoms with Gasteiger partial charge in [0.25, 0.3) is 0 Å². The summed E-state index contributed by atoms with van der Waals surface area (Å²) in [5.74, 6) is 0.604. The fourth-order valence-corrected chi connectivity index (χ4v) is 1.19. The smallest absolute Gasteiger partial charge is 0.305 e. The highest BCUT2D eigenvalue weighted by molar-refractivity contribution is 5.68. The molecule has 0 aromatic carbocycles. The fourth-order valence-electron chi connectivity index (χ4n) is 1.19. The second-order valence-electron chi connectivity index (χ2n) is 4.28. The Labute approximate surface area is 93.6 Å². The molecule has 0 aromatic heterocycles. The van der Waals surface area contributed by atoms with Crippen LogP contribution < -0.4 is 5.32 Å². The zero-order valence-corrected chi connectivity index (χ0v) is 10.5. The van der Waals surface area contributed by atoms with Crippen LogP contribution >= 0.6 is 0 Å². The van der Waals surface area contributed by atoms with Crippen molar-refractivity contribution in [1.82, 2.24) is 5.32 Å². The summed E-state index contributed by atoms with van der Waals surface area (Å²) in [6, 6.07) is 0.305. The lowest BCUT2D eigenvalue weighted by Gasteiger charge is -2.17. The van der Waals surface area contributed by atoms with Gasteiger partial charge >= 0.3 is 5.97 Å². The van der Waals surface area contributed by atoms with Crippen LogP contribution in [0.15, 0.2) is 0 Å². The lowest BCUT2D eigenvalue weighted by atomic mass is 10.1. The van der Waals surface area contributed by atoms with Crippen LogP contribution in [0, 0.1) is 5.92 Å². The van der Waals surface area contributed by atoms with Gasteiger partial charge in [0, 0.05) is 12.5 Å². The average molecular weight is 215 g/mol. The van der Waals surface area contributed by atoms with Gasteiger partial charge in [-0.3, -0.25) is 4.79 Å². The molecule has 3 heteroatoms. The molecule has 0 spiro atoms. The Kier molecular flexibility index (Phi) is 8.38. The number of ether oxygens (including phenoxy) is 1. The van der Waals surface area contributed by atoms with E-state index in [9.17, 15) is 4.79 Å². The first-order chi connectivity index (χ1) is 7.10. The molecule has 0 aromatic rings. The fraction of sp³-hybridized carbons (Fsp3) is 0.917. The Balaban J connectivity index is 3.59. The van der Waals surface area contributed by atoms with Gasteiger partial charge in [0.2, 0.25) is 0 Å². The van der Waals surface area contributed by atoms with Crippen molar-refractivity contribution in [2.75, 3.05) is 13.2 Å². The van der Waals surface area contributed by atoms with E-state index in [1.165, 1.54) is 0 Å². The van der Waals surface area contributed by atoms with E-state index >= 15 is 0 Å². The van der Waals surface area contributed by atoms with Crippen LogP contribution in [-0.4, -0.2) is 25.2 Å². The van der Waals surface area contributed by atoms with Crippen molar-refractivity contribution < 1.29 is 9.53 Å². The Hall–Kier alpha value is -0.570. The summed E-state index contributed by atoms with van der Waals surface area (Å²) in [5.41, 5.74) is 0. The molecule has 15 heavy (non-hydrogen) atoms. The van der Waals surface area contributed by atoms with Gasteiger partial charge < -0.3 is 10.1 Å². The van der Waals surface area contributed by atoms with E-state index in [4.69, 9.17) is 4.74 Å². The van der Waals surface area contributed by atoms with Crippen molar-refractivity contribution in [2.24, 2.45) is 5.92 Å². The third-order valence-corrected chi connectivity index (χ3v) is 2.38. The molecule has 1 unspecified atom stereocenters. The summed E-state index contributed by atoms with van der Waals surface area (Å²) in [6.07, 6.45) is 2.62. The largest absolute Gasteiger partial charge is 0.464 e. The maximum Gasteiger partial charge on any atom is 0.305 e.